The summed E-state index contributed by atoms with van der Waals surface area (Å²) in [6.07, 6.45) is -0.461. The first kappa shape index (κ1) is 30.0. The molecular formula is C35H36N6O3. The number of hydrogen-bond acceptors (Lipinski definition) is 7. The molecule has 0 spiro atoms. The fourth-order valence-corrected chi connectivity index (χ4v) is 4.49. The Hall–Kier alpha value is -5.44. The summed E-state index contributed by atoms with van der Waals surface area (Å²) in [4.78, 5) is 34.1. The van der Waals surface area contributed by atoms with Crippen LogP contribution in [0, 0.1) is 0 Å². The Morgan fingerprint density at radius 3 is 2.14 bits per heavy atom. The van der Waals surface area contributed by atoms with E-state index >= 15 is 0 Å². The molecule has 4 aromatic carbocycles. The third-order valence-electron chi connectivity index (χ3n) is 6.61. The number of benzene rings is 4. The lowest BCUT2D eigenvalue weighted by Gasteiger charge is -2.19. The van der Waals surface area contributed by atoms with Crippen molar-refractivity contribution in [2.24, 2.45) is 0 Å². The summed E-state index contributed by atoms with van der Waals surface area (Å²) in [5.74, 6) is 0.975. The van der Waals surface area contributed by atoms with Crippen LogP contribution < -0.4 is 21.3 Å². The van der Waals surface area contributed by atoms with Gasteiger partial charge in [-0.25, -0.2) is 9.78 Å². The Morgan fingerprint density at radius 2 is 1.41 bits per heavy atom. The lowest BCUT2D eigenvalue weighted by molar-refractivity contribution is 0.0530. The molecule has 9 nitrogen and oxygen atoms in total. The van der Waals surface area contributed by atoms with Gasteiger partial charge in [0, 0.05) is 36.3 Å². The lowest BCUT2D eigenvalue weighted by Crippen LogP contribution is -2.35. The predicted octanol–water partition coefficient (Wildman–Crippen LogP) is 7.10. The van der Waals surface area contributed by atoms with Crippen molar-refractivity contribution in [2.75, 3.05) is 29.0 Å². The third-order valence-corrected chi connectivity index (χ3v) is 6.61. The third kappa shape index (κ3) is 8.32. The molecule has 5 aromatic rings. The average molecular weight is 589 g/mol. The van der Waals surface area contributed by atoms with E-state index in [4.69, 9.17) is 4.74 Å². The maximum atomic E-state index is 12.8. The summed E-state index contributed by atoms with van der Waals surface area (Å²) in [6, 6.07) is 33.0. The van der Waals surface area contributed by atoms with Gasteiger partial charge >= 0.3 is 6.09 Å². The number of alkyl carbamates (subject to hydrolysis) is 1. The normalized spacial score (nSPS) is 11.1. The quantitative estimate of drug-likeness (QED) is 0.129. The van der Waals surface area contributed by atoms with Crippen molar-refractivity contribution in [1.29, 1.82) is 0 Å². The number of rotatable bonds is 10. The second-order valence-electron chi connectivity index (χ2n) is 11.2. The second kappa shape index (κ2) is 13.7. The molecule has 9 heteroatoms. The minimum Gasteiger partial charge on any atom is -0.444 e. The van der Waals surface area contributed by atoms with Crippen LogP contribution in [0.25, 0.3) is 22.0 Å². The molecule has 0 bridgehead atoms. The number of carbonyl (C=O) groups is 2. The molecule has 224 valence electrons. The molecule has 5 rings (SSSR count). The van der Waals surface area contributed by atoms with Crippen LogP contribution in [-0.2, 0) is 11.3 Å². The SMILES string of the molecule is CC(C)(C)OC(=O)NCCNc1nc(NCc2ccc(NC(=O)c3ccc(-c4ccccc4)cc3)cc2)nc2ccccc12. The van der Waals surface area contributed by atoms with E-state index in [0.717, 1.165) is 27.6 Å². The van der Waals surface area contributed by atoms with Gasteiger partial charge < -0.3 is 26.0 Å². The molecule has 0 saturated carbocycles. The van der Waals surface area contributed by atoms with Crippen LogP contribution in [0.1, 0.15) is 36.7 Å². The molecule has 4 N–H and O–H groups in total. The van der Waals surface area contributed by atoms with E-state index in [0.29, 0.717) is 42.7 Å². The number of carbonyl (C=O) groups excluding carboxylic acids is 2. The summed E-state index contributed by atoms with van der Waals surface area (Å²) in [5, 5.41) is 13.2. The monoisotopic (exact) mass is 588 g/mol. The first-order chi connectivity index (χ1) is 21.2. The molecule has 0 unspecified atom stereocenters. The van der Waals surface area contributed by atoms with E-state index in [1.807, 2.05) is 124 Å². The fraction of sp³-hybridized carbons (Fsp3) is 0.200. The summed E-state index contributed by atoms with van der Waals surface area (Å²) < 4.78 is 5.28. The summed E-state index contributed by atoms with van der Waals surface area (Å²) in [7, 11) is 0. The van der Waals surface area contributed by atoms with Crippen molar-refractivity contribution >= 4 is 40.4 Å². The number of amides is 2. The number of anilines is 3. The van der Waals surface area contributed by atoms with E-state index in [9.17, 15) is 9.59 Å². The van der Waals surface area contributed by atoms with Gasteiger partial charge in [-0.3, -0.25) is 4.79 Å². The zero-order valence-electron chi connectivity index (χ0n) is 25.1. The zero-order valence-corrected chi connectivity index (χ0v) is 25.1. The summed E-state index contributed by atoms with van der Waals surface area (Å²) in [5.41, 5.74) is 4.72. The minimum absolute atomic E-state index is 0.165. The second-order valence-corrected chi connectivity index (χ2v) is 11.2. The number of nitrogens with one attached hydrogen (secondary N) is 4. The highest BCUT2D eigenvalue weighted by molar-refractivity contribution is 6.04. The maximum absolute atomic E-state index is 12.8. The van der Waals surface area contributed by atoms with Crippen LogP contribution in [0.15, 0.2) is 103 Å². The Balaban J connectivity index is 1.16. The molecule has 0 aliphatic heterocycles. The first-order valence-electron chi connectivity index (χ1n) is 14.5. The van der Waals surface area contributed by atoms with Gasteiger partial charge in [0.2, 0.25) is 5.95 Å². The highest BCUT2D eigenvalue weighted by Gasteiger charge is 2.15. The smallest absolute Gasteiger partial charge is 0.407 e. The number of ether oxygens (including phenoxy) is 1. The summed E-state index contributed by atoms with van der Waals surface area (Å²) in [6.45, 7) is 6.80. The minimum atomic E-state index is -0.550. The molecule has 0 saturated heterocycles. The van der Waals surface area contributed by atoms with Gasteiger partial charge in [-0.2, -0.15) is 4.98 Å². The molecule has 0 fully saturated rings. The van der Waals surface area contributed by atoms with Crippen LogP contribution in [0.5, 0.6) is 0 Å². The molecule has 0 atom stereocenters. The molecule has 0 radical (unpaired) electrons. The first-order valence-corrected chi connectivity index (χ1v) is 14.5. The van der Waals surface area contributed by atoms with Gasteiger partial charge in [0.25, 0.3) is 5.91 Å². The van der Waals surface area contributed by atoms with Crippen molar-refractivity contribution < 1.29 is 14.3 Å². The Labute approximate surface area is 257 Å². The van der Waals surface area contributed by atoms with E-state index in [1.54, 1.807) is 0 Å². The number of aromatic nitrogens is 2. The lowest BCUT2D eigenvalue weighted by atomic mass is 10.0. The average Bonchev–Trinajstić information content (AvgIpc) is 3.02. The van der Waals surface area contributed by atoms with Gasteiger partial charge in [0.1, 0.15) is 11.4 Å². The summed E-state index contributed by atoms with van der Waals surface area (Å²) >= 11 is 0. The van der Waals surface area contributed by atoms with Gasteiger partial charge in [0.15, 0.2) is 0 Å². The molecule has 1 heterocycles. The van der Waals surface area contributed by atoms with Crippen molar-refractivity contribution in [2.45, 2.75) is 32.9 Å². The Morgan fingerprint density at radius 1 is 0.727 bits per heavy atom. The number of nitrogens with zero attached hydrogens (tertiary/aromatic N) is 2. The van der Waals surface area contributed by atoms with Crippen molar-refractivity contribution in [1.82, 2.24) is 15.3 Å². The van der Waals surface area contributed by atoms with Crippen LogP contribution in [-0.4, -0.2) is 40.7 Å². The van der Waals surface area contributed by atoms with Gasteiger partial charge in [-0.1, -0.05) is 66.7 Å². The number of para-hydroxylation sites is 1. The number of fused-ring (bicyclic) bond motifs is 1. The van der Waals surface area contributed by atoms with Crippen molar-refractivity contribution in [3.05, 3.63) is 114 Å². The van der Waals surface area contributed by atoms with Crippen molar-refractivity contribution in [3.8, 4) is 11.1 Å². The predicted molar refractivity (Wildman–Crippen MR) is 176 cm³/mol. The molecule has 0 aliphatic carbocycles. The largest absolute Gasteiger partial charge is 0.444 e. The van der Waals surface area contributed by atoms with Gasteiger partial charge in [0.05, 0.1) is 5.52 Å². The number of hydrogen-bond donors (Lipinski definition) is 4. The fourth-order valence-electron chi connectivity index (χ4n) is 4.49. The van der Waals surface area contributed by atoms with Crippen molar-refractivity contribution in [3.63, 3.8) is 0 Å². The Bertz CT molecular complexity index is 1720. The molecule has 1 aromatic heterocycles. The van der Waals surface area contributed by atoms with E-state index in [1.165, 1.54) is 0 Å². The molecular weight excluding hydrogens is 552 g/mol. The van der Waals surface area contributed by atoms with E-state index < -0.39 is 11.7 Å². The highest BCUT2D eigenvalue weighted by atomic mass is 16.6. The molecule has 0 aliphatic rings. The van der Waals surface area contributed by atoms with Gasteiger partial charge in [-0.05, 0) is 73.9 Å². The van der Waals surface area contributed by atoms with Crippen LogP contribution >= 0.6 is 0 Å². The topological polar surface area (TPSA) is 117 Å². The van der Waals surface area contributed by atoms with Crippen LogP contribution in [0.3, 0.4) is 0 Å². The maximum Gasteiger partial charge on any atom is 0.407 e. The standard InChI is InChI=1S/C35H36N6O3/c1-35(2,3)44-34(43)37-22-21-36-31-29-11-7-8-12-30(29)40-33(41-31)38-23-24-13-19-28(20-14-24)39-32(42)27-17-15-26(16-18-27)25-9-5-4-6-10-25/h4-20H,21-23H2,1-3H3,(H,37,43)(H,39,42)(H2,36,38,40,41). The van der Waals surface area contributed by atoms with Crippen LogP contribution in [0.4, 0.5) is 22.2 Å². The molecule has 2 amide bonds. The van der Waals surface area contributed by atoms with E-state index in [2.05, 4.69) is 31.2 Å². The van der Waals surface area contributed by atoms with E-state index in [-0.39, 0.29) is 5.91 Å². The highest BCUT2D eigenvalue weighted by Crippen LogP contribution is 2.23. The van der Waals surface area contributed by atoms with Crippen LogP contribution in [0.2, 0.25) is 0 Å². The molecule has 44 heavy (non-hydrogen) atoms. The Kier molecular flexibility index (Phi) is 9.34. The zero-order chi connectivity index (χ0) is 30.9. The van der Waals surface area contributed by atoms with Gasteiger partial charge in [-0.15, -0.1) is 0 Å².